The van der Waals surface area contributed by atoms with Crippen LogP contribution in [0.25, 0.3) is 0 Å². The van der Waals surface area contributed by atoms with E-state index in [1.165, 1.54) is 7.11 Å². The van der Waals surface area contributed by atoms with Crippen LogP contribution in [0.15, 0.2) is 48.9 Å². The van der Waals surface area contributed by atoms with Gasteiger partial charge in [-0.25, -0.2) is 4.79 Å². The molecule has 0 bridgehead atoms. The quantitative estimate of drug-likeness (QED) is 0.838. The first kappa shape index (κ1) is 14.1. The molecule has 0 aliphatic heterocycles. The molecule has 1 unspecified atom stereocenters. The van der Waals surface area contributed by atoms with Gasteiger partial charge in [0.05, 0.1) is 19.0 Å². The number of carbonyl (C=O) groups excluding carboxylic acids is 1. The van der Waals surface area contributed by atoms with E-state index in [0.717, 1.165) is 5.56 Å². The summed E-state index contributed by atoms with van der Waals surface area (Å²) in [5.74, 6) is -0.395. The van der Waals surface area contributed by atoms with Gasteiger partial charge >= 0.3 is 5.97 Å². The van der Waals surface area contributed by atoms with Crippen molar-refractivity contribution in [2.45, 2.75) is 19.0 Å². The van der Waals surface area contributed by atoms with E-state index >= 15 is 0 Å². The zero-order chi connectivity index (χ0) is 14.4. The van der Waals surface area contributed by atoms with Crippen LogP contribution in [-0.2, 0) is 21.6 Å². The highest BCUT2D eigenvalue weighted by Crippen LogP contribution is 2.20. The monoisotopic (exact) mass is 271 g/mol. The highest BCUT2D eigenvalue weighted by Gasteiger charge is 2.37. The number of carbonyl (C=O) groups is 1. The topological polar surface area (TPSA) is 64.1 Å². The van der Waals surface area contributed by atoms with Crippen molar-refractivity contribution in [3.05, 3.63) is 60.2 Å². The fourth-order valence-corrected chi connectivity index (χ4v) is 1.90. The maximum atomic E-state index is 12.1. The van der Waals surface area contributed by atoms with Gasteiger partial charge in [0.1, 0.15) is 0 Å². The number of hydrogen-bond donors (Lipinski definition) is 1. The first-order chi connectivity index (χ1) is 9.66. The lowest BCUT2D eigenvalue weighted by molar-refractivity contribution is -0.148. The Morgan fingerprint density at radius 3 is 2.65 bits per heavy atom. The molecule has 0 amide bonds. The van der Waals surface area contributed by atoms with Gasteiger partial charge in [-0.3, -0.25) is 15.3 Å². The number of aromatic nitrogens is 2. The summed E-state index contributed by atoms with van der Waals surface area (Å²) in [6, 6.07) is 9.83. The summed E-state index contributed by atoms with van der Waals surface area (Å²) in [5.41, 5.74) is 0.577. The number of nitrogens with zero attached hydrogens (tertiary/aromatic N) is 2. The molecule has 5 heteroatoms. The molecule has 0 saturated heterocycles. The number of nitrogens with one attached hydrogen (secondary N) is 1. The Morgan fingerprint density at radius 2 is 2.05 bits per heavy atom. The Bertz CT molecular complexity index is 560. The van der Waals surface area contributed by atoms with E-state index in [2.05, 4.69) is 15.3 Å². The molecule has 2 aromatic rings. The maximum absolute atomic E-state index is 12.1. The van der Waals surface area contributed by atoms with E-state index in [4.69, 9.17) is 4.74 Å². The first-order valence-corrected chi connectivity index (χ1v) is 6.30. The van der Waals surface area contributed by atoms with Crippen molar-refractivity contribution in [1.82, 2.24) is 15.3 Å². The summed E-state index contributed by atoms with van der Waals surface area (Å²) in [5, 5.41) is 3.20. The fourth-order valence-electron chi connectivity index (χ4n) is 1.90. The highest BCUT2D eigenvalue weighted by atomic mass is 16.5. The Morgan fingerprint density at radius 1 is 1.30 bits per heavy atom. The lowest BCUT2D eigenvalue weighted by Gasteiger charge is -2.27. The second-order valence-corrected chi connectivity index (χ2v) is 4.55. The van der Waals surface area contributed by atoms with E-state index in [-0.39, 0.29) is 0 Å². The van der Waals surface area contributed by atoms with Crippen LogP contribution in [0.3, 0.4) is 0 Å². The van der Waals surface area contributed by atoms with Crippen molar-refractivity contribution < 1.29 is 9.53 Å². The molecule has 5 nitrogen and oxygen atoms in total. The number of hydrogen-bond acceptors (Lipinski definition) is 5. The van der Waals surface area contributed by atoms with Crippen LogP contribution in [0, 0.1) is 0 Å². The van der Waals surface area contributed by atoms with Crippen molar-refractivity contribution in [2.75, 3.05) is 7.11 Å². The smallest absolute Gasteiger partial charge is 0.332 e. The number of esters is 1. The zero-order valence-corrected chi connectivity index (χ0v) is 11.5. The van der Waals surface area contributed by atoms with Gasteiger partial charge < -0.3 is 4.74 Å². The fraction of sp³-hybridized carbons (Fsp3) is 0.267. The van der Waals surface area contributed by atoms with Crippen LogP contribution in [0.4, 0.5) is 0 Å². The molecular formula is C15H17N3O2. The zero-order valence-electron chi connectivity index (χ0n) is 11.5. The van der Waals surface area contributed by atoms with E-state index in [0.29, 0.717) is 12.2 Å². The minimum atomic E-state index is -1.03. The molecule has 1 N–H and O–H groups in total. The number of benzene rings is 1. The van der Waals surface area contributed by atoms with Gasteiger partial charge in [-0.05, 0) is 12.5 Å². The number of methoxy groups -OCH3 is 1. The van der Waals surface area contributed by atoms with E-state index < -0.39 is 11.5 Å². The Kier molecular flexibility index (Phi) is 4.42. The molecule has 1 aromatic carbocycles. The predicted molar refractivity (Wildman–Crippen MR) is 74.7 cm³/mol. The average molecular weight is 271 g/mol. The third kappa shape index (κ3) is 3.00. The van der Waals surface area contributed by atoms with Gasteiger partial charge in [0.2, 0.25) is 0 Å². The van der Waals surface area contributed by atoms with Gasteiger partial charge in [0, 0.05) is 18.9 Å². The molecule has 1 aromatic heterocycles. The van der Waals surface area contributed by atoms with Crippen LogP contribution in [0.5, 0.6) is 0 Å². The summed E-state index contributed by atoms with van der Waals surface area (Å²) in [7, 11) is 1.36. The van der Waals surface area contributed by atoms with Gasteiger partial charge in [0.25, 0.3) is 0 Å². The maximum Gasteiger partial charge on any atom is 0.332 e. The predicted octanol–water partition coefficient (Wildman–Crippen LogP) is 1.65. The lowest BCUT2D eigenvalue weighted by Crippen LogP contribution is -2.47. The van der Waals surface area contributed by atoms with Crippen LogP contribution >= 0.6 is 0 Å². The second-order valence-electron chi connectivity index (χ2n) is 4.55. The molecule has 0 spiro atoms. The summed E-state index contributed by atoms with van der Waals surface area (Å²) >= 11 is 0. The van der Waals surface area contributed by atoms with Crippen molar-refractivity contribution >= 4 is 5.97 Å². The van der Waals surface area contributed by atoms with Crippen LogP contribution in [0.2, 0.25) is 0 Å². The summed E-state index contributed by atoms with van der Waals surface area (Å²) in [6.45, 7) is 2.27. The van der Waals surface area contributed by atoms with E-state index in [1.807, 2.05) is 30.3 Å². The molecule has 20 heavy (non-hydrogen) atoms. The molecule has 1 atom stereocenters. The second kappa shape index (κ2) is 6.25. The number of rotatable bonds is 5. The molecule has 0 aliphatic rings. The molecular weight excluding hydrogens is 254 g/mol. The number of ether oxygens (including phenoxy) is 1. The summed E-state index contributed by atoms with van der Waals surface area (Å²) in [4.78, 5) is 20.3. The Labute approximate surface area is 118 Å². The normalized spacial score (nSPS) is 13.5. The van der Waals surface area contributed by atoms with E-state index in [9.17, 15) is 4.79 Å². The molecule has 104 valence electrons. The molecule has 2 rings (SSSR count). The van der Waals surface area contributed by atoms with Gasteiger partial charge in [-0.15, -0.1) is 0 Å². The van der Waals surface area contributed by atoms with Gasteiger partial charge in [0.15, 0.2) is 5.54 Å². The minimum absolute atomic E-state index is 0.395. The Hall–Kier alpha value is -2.27. The molecule has 1 heterocycles. The third-order valence-electron chi connectivity index (χ3n) is 3.16. The third-order valence-corrected chi connectivity index (χ3v) is 3.16. The Balaban J connectivity index is 2.22. The largest absolute Gasteiger partial charge is 0.467 e. The summed E-state index contributed by atoms with van der Waals surface area (Å²) in [6.07, 6.45) is 4.69. The molecule has 0 saturated carbocycles. The van der Waals surface area contributed by atoms with Gasteiger partial charge in [-0.2, -0.15) is 0 Å². The molecule has 0 radical (unpaired) electrons. The van der Waals surface area contributed by atoms with Crippen molar-refractivity contribution in [1.29, 1.82) is 0 Å². The minimum Gasteiger partial charge on any atom is -0.467 e. The molecule has 0 fully saturated rings. The average Bonchev–Trinajstić information content (AvgIpc) is 2.53. The highest BCUT2D eigenvalue weighted by molar-refractivity contribution is 5.81. The SMILES string of the molecule is COC(=O)C(C)(NCc1ccccc1)c1cnccn1. The van der Waals surface area contributed by atoms with Gasteiger partial charge in [-0.1, -0.05) is 30.3 Å². The van der Waals surface area contributed by atoms with Crippen molar-refractivity contribution in [2.24, 2.45) is 0 Å². The summed E-state index contributed by atoms with van der Waals surface area (Å²) < 4.78 is 4.89. The van der Waals surface area contributed by atoms with Crippen LogP contribution in [-0.4, -0.2) is 23.0 Å². The standard InChI is InChI=1S/C15H17N3O2/c1-15(14(19)20-2,13-11-16-8-9-17-13)18-10-12-6-4-3-5-7-12/h3-9,11,18H,10H2,1-2H3. The molecule has 0 aliphatic carbocycles. The van der Waals surface area contributed by atoms with Crippen LogP contribution < -0.4 is 5.32 Å². The lowest BCUT2D eigenvalue weighted by atomic mass is 9.97. The van der Waals surface area contributed by atoms with Crippen molar-refractivity contribution in [3.8, 4) is 0 Å². The van der Waals surface area contributed by atoms with Crippen LogP contribution in [0.1, 0.15) is 18.2 Å². The van der Waals surface area contributed by atoms with E-state index in [1.54, 1.807) is 25.5 Å². The first-order valence-electron chi connectivity index (χ1n) is 6.30. The van der Waals surface area contributed by atoms with Crippen molar-refractivity contribution in [3.63, 3.8) is 0 Å².